The van der Waals surface area contributed by atoms with Gasteiger partial charge in [0.1, 0.15) is 48.0 Å². The number of carbonyl (C=O) groups excluding carboxylic acids is 12. The molecule has 1 aromatic carbocycles. The van der Waals surface area contributed by atoms with Gasteiger partial charge in [-0.1, -0.05) is 76.8 Å². The van der Waals surface area contributed by atoms with Crippen molar-refractivity contribution in [3.63, 3.8) is 0 Å². The van der Waals surface area contributed by atoms with E-state index in [0.29, 0.717) is 18.4 Å². The molecule has 74 heavy (non-hydrogen) atoms. The number of nitrogens with zero attached hydrogens (tertiary/aromatic N) is 1. The van der Waals surface area contributed by atoms with E-state index >= 15 is 0 Å². The highest BCUT2D eigenvalue weighted by atomic mass is 16.3. The highest BCUT2D eigenvalue weighted by molar-refractivity contribution is 6.00. The minimum absolute atomic E-state index is 0.00333. The molecule has 2 aliphatic heterocycles. The van der Waals surface area contributed by atoms with Gasteiger partial charge in [-0.3, -0.25) is 57.5 Å². The minimum atomic E-state index is -1.86. The number of fused-ring (bicyclic) bond motifs is 1. The molecule has 410 valence electrons. The van der Waals surface area contributed by atoms with Gasteiger partial charge < -0.3 is 75.3 Å². The summed E-state index contributed by atoms with van der Waals surface area (Å²) < 4.78 is 0. The van der Waals surface area contributed by atoms with E-state index in [1.807, 2.05) is 0 Å². The Kier molecular flexibility index (Phi) is 25.7. The topological polar surface area (TPSA) is 437 Å². The lowest BCUT2D eigenvalue weighted by Crippen LogP contribution is -2.60. The molecule has 1 aromatic rings. The summed E-state index contributed by atoms with van der Waals surface area (Å²) in [5, 5.41) is 37.2. The van der Waals surface area contributed by atoms with Gasteiger partial charge in [0.25, 0.3) is 0 Å². The molecular formula is C48H74N12O14. The zero-order chi connectivity index (χ0) is 54.9. The molecule has 8 atom stereocenters. The van der Waals surface area contributed by atoms with E-state index < -0.39 is 164 Å². The number of benzene rings is 1. The molecule has 2 heterocycles. The first kappa shape index (κ1) is 60.9. The highest BCUT2D eigenvalue weighted by Crippen LogP contribution is 2.21. The first-order valence-electron chi connectivity index (χ1n) is 25.1. The van der Waals surface area contributed by atoms with E-state index in [9.17, 15) is 67.7 Å². The first-order valence-corrected chi connectivity index (χ1v) is 25.1. The lowest BCUT2D eigenvalue weighted by Gasteiger charge is -2.31. The minimum Gasteiger partial charge on any atom is -0.508 e. The third-order valence-corrected chi connectivity index (χ3v) is 12.5. The van der Waals surface area contributed by atoms with Crippen molar-refractivity contribution in [2.75, 3.05) is 13.2 Å². The van der Waals surface area contributed by atoms with E-state index in [2.05, 4.69) is 44.1 Å². The van der Waals surface area contributed by atoms with Crippen LogP contribution in [0.1, 0.15) is 128 Å². The van der Waals surface area contributed by atoms with Gasteiger partial charge in [-0.05, 0) is 43.4 Å². The van der Waals surface area contributed by atoms with Crippen LogP contribution in [0.2, 0.25) is 0 Å². The number of phenols is 1. The normalized spacial score (nSPS) is 24.1. The number of rotatable bonds is 22. The standard InChI is InChI=1S/C48H74N12O14/c1-2-3-4-5-6-7-8-9-10-12-28-22-41(67)54-32(23-38(50)64)43(69)56-31(21-27-14-16-29(62)17-15-27)42(68)57-33(24-39(51)65)44(70)55-30(18-19-37(49)63)48(74)60-20-11-13-36(60)47(73)58-34(25-40(52)66)45(71)59-35(26-61)46(72)53-28/h14-17,28,30-36,61-62H,2-13,18-26H2,1H3,(H2,49,63)(H2,50,64)(H2,51,65)(H2,52,66)(H,53,72)(H,54,67)(H,55,70)(H,56,69)(H,57,68)(H,58,73)(H,59,71)/t28-,30+,31+,32-,33-,34-,35-,36+/m1/s1. The van der Waals surface area contributed by atoms with Crippen LogP contribution in [0.4, 0.5) is 0 Å². The molecule has 12 amide bonds. The molecule has 0 radical (unpaired) electrons. The van der Waals surface area contributed by atoms with E-state index in [1.165, 1.54) is 24.3 Å². The molecule has 0 unspecified atom stereocenters. The second kappa shape index (κ2) is 31.3. The Morgan fingerprint density at radius 2 is 1.01 bits per heavy atom. The smallest absolute Gasteiger partial charge is 0.245 e. The van der Waals surface area contributed by atoms with Crippen LogP contribution >= 0.6 is 0 Å². The van der Waals surface area contributed by atoms with Crippen LogP contribution in [0, 0.1) is 0 Å². The van der Waals surface area contributed by atoms with Crippen LogP contribution < -0.4 is 60.2 Å². The fourth-order valence-corrected chi connectivity index (χ4v) is 8.61. The van der Waals surface area contributed by atoms with Crippen molar-refractivity contribution in [2.45, 2.75) is 177 Å². The third kappa shape index (κ3) is 21.4. The summed E-state index contributed by atoms with van der Waals surface area (Å²) in [6, 6.07) is -7.35. The van der Waals surface area contributed by atoms with Gasteiger partial charge in [-0.2, -0.15) is 0 Å². The number of aliphatic hydroxyl groups excluding tert-OH is 1. The molecular weight excluding hydrogens is 969 g/mol. The van der Waals surface area contributed by atoms with Crippen molar-refractivity contribution >= 4 is 70.9 Å². The zero-order valence-corrected chi connectivity index (χ0v) is 41.8. The van der Waals surface area contributed by atoms with E-state index in [1.54, 1.807) is 0 Å². The number of phenolic OH excluding ortho intramolecular Hbond substituents is 1. The lowest BCUT2D eigenvalue weighted by atomic mass is 10.0. The van der Waals surface area contributed by atoms with Crippen molar-refractivity contribution in [3.8, 4) is 5.75 Å². The molecule has 0 aromatic heterocycles. The Bertz CT molecular complexity index is 2160. The Labute approximate surface area is 428 Å². The van der Waals surface area contributed by atoms with Crippen molar-refractivity contribution in [3.05, 3.63) is 29.8 Å². The summed E-state index contributed by atoms with van der Waals surface area (Å²) in [6.45, 7) is 1.03. The average molecular weight is 1040 g/mol. The summed E-state index contributed by atoms with van der Waals surface area (Å²) >= 11 is 0. The number of nitrogens with two attached hydrogens (primary N) is 4. The molecule has 0 aliphatic carbocycles. The number of aromatic hydroxyl groups is 1. The van der Waals surface area contributed by atoms with Crippen LogP contribution in [0.5, 0.6) is 5.75 Å². The maximum atomic E-state index is 14.3. The third-order valence-electron chi connectivity index (χ3n) is 12.5. The van der Waals surface area contributed by atoms with Gasteiger partial charge in [-0.15, -0.1) is 0 Å². The monoisotopic (exact) mass is 1040 g/mol. The van der Waals surface area contributed by atoms with Gasteiger partial charge in [-0.25, -0.2) is 0 Å². The molecule has 26 heteroatoms. The van der Waals surface area contributed by atoms with E-state index in [0.717, 1.165) is 49.8 Å². The van der Waals surface area contributed by atoms with Gasteiger partial charge in [0, 0.05) is 31.8 Å². The fraction of sp³-hybridized carbons (Fsp3) is 0.625. The van der Waals surface area contributed by atoms with Gasteiger partial charge >= 0.3 is 0 Å². The predicted octanol–water partition coefficient (Wildman–Crippen LogP) is -3.47. The Hall–Kier alpha value is -7.38. The maximum absolute atomic E-state index is 14.3. The van der Waals surface area contributed by atoms with Crippen LogP contribution in [-0.2, 0) is 64.0 Å². The number of primary amides is 4. The van der Waals surface area contributed by atoms with Crippen molar-refractivity contribution < 1.29 is 67.7 Å². The highest BCUT2D eigenvalue weighted by Gasteiger charge is 2.41. The van der Waals surface area contributed by atoms with Crippen molar-refractivity contribution in [1.82, 2.24) is 42.1 Å². The summed E-state index contributed by atoms with van der Waals surface area (Å²) in [7, 11) is 0. The van der Waals surface area contributed by atoms with Crippen LogP contribution in [0.15, 0.2) is 24.3 Å². The molecule has 0 bridgehead atoms. The average Bonchev–Trinajstić information content (AvgIpc) is 3.83. The van der Waals surface area contributed by atoms with Crippen LogP contribution in [-0.4, -0.2) is 147 Å². The van der Waals surface area contributed by atoms with Crippen molar-refractivity contribution in [1.29, 1.82) is 0 Å². The maximum Gasteiger partial charge on any atom is 0.245 e. The van der Waals surface area contributed by atoms with E-state index in [4.69, 9.17) is 22.9 Å². The molecule has 17 N–H and O–H groups in total. The van der Waals surface area contributed by atoms with E-state index in [-0.39, 0.29) is 38.0 Å². The van der Waals surface area contributed by atoms with Crippen LogP contribution in [0.25, 0.3) is 0 Å². The molecule has 0 spiro atoms. The van der Waals surface area contributed by atoms with Crippen molar-refractivity contribution in [2.24, 2.45) is 22.9 Å². The second-order valence-corrected chi connectivity index (χ2v) is 18.7. The number of amides is 12. The number of hydrogen-bond acceptors (Lipinski definition) is 14. The Morgan fingerprint density at radius 3 is 1.54 bits per heavy atom. The quantitative estimate of drug-likeness (QED) is 0.0502. The largest absolute Gasteiger partial charge is 0.508 e. The SMILES string of the molecule is CCCCCCCCCCC[C@@H]1CC(=O)N[C@H](CC(N)=O)C(=O)N[C@@H](Cc2ccc(O)cc2)C(=O)N[C@H](CC(N)=O)C(=O)N[C@@H](CCC(N)=O)C(=O)N2CCC[C@H]2C(=O)N[C@H](CC(N)=O)C(=O)N[C@H](CO)C(=O)N1. The number of carbonyl (C=O) groups is 12. The second-order valence-electron chi connectivity index (χ2n) is 18.7. The fourth-order valence-electron chi connectivity index (χ4n) is 8.61. The molecule has 2 fully saturated rings. The van der Waals surface area contributed by atoms with Gasteiger partial charge in [0.15, 0.2) is 0 Å². The summed E-state index contributed by atoms with van der Waals surface area (Å²) in [5.41, 5.74) is 22.2. The number of unbranched alkanes of at least 4 members (excludes halogenated alkanes) is 8. The van der Waals surface area contributed by atoms with Crippen LogP contribution in [0.3, 0.4) is 0 Å². The summed E-state index contributed by atoms with van der Waals surface area (Å²) in [4.78, 5) is 162. The first-order chi connectivity index (χ1) is 35.1. The molecule has 26 nitrogen and oxygen atoms in total. The predicted molar refractivity (Wildman–Crippen MR) is 263 cm³/mol. The van der Waals surface area contributed by atoms with Gasteiger partial charge in [0.05, 0.1) is 25.9 Å². The molecule has 2 saturated heterocycles. The summed E-state index contributed by atoms with van der Waals surface area (Å²) in [6.07, 6.45) is 4.57. The summed E-state index contributed by atoms with van der Waals surface area (Å²) in [5.74, 6) is -12.6. The lowest BCUT2D eigenvalue weighted by molar-refractivity contribution is -0.143. The Morgan fingerprint density at radius 1 is 0.554 bits per heavy atom. The molecule has 0 saturated carbocycles. The molecule has 2 aliphatic rings. The molecule has 3 rings (SSSR count). The zero-order valence-electron chi connectivity index (χ0n) is 41.8. The number of nitrogens with one attached hydrogen (secondary N) is 7. The number of aliphatic hydroxyl groups is 1. The number of hydrogen-bond donors (Lipinski definition) is 13. The Balaban J connectivity index is 2.13. The van der Waals surface area contributed by atoms with Gasteiger partial charge in [0.2, 0.25) is 70.9 Å².